The molecule has 0 radical (unpaired) electrons. The molecule has 160 valence electrons. The second-order valence-corrected chi connectivity index (χ2v) is 6.95. The molecule has 0 aliphatic carbocycles. The van der Waals surface area contributed by atoms with E-state index in [9.17, 15) is 18.9 Å². The molecule has 1 N–H and O–H groups in total. The van der Waals surface area contributed by atoms with Crippen molar-refractivity contribution >= 4 is 21.8 Å². The first-order valence-electron chi connectivity index (χ1n) is 8.72. The van der Waals surface area contributed by atoms with E-state index in [1.54, 1.807) is 12.1 Å². The van der Waals surface area contributed by atoms with Gasteiger partial charge in [0.2, 0.25) is 0 Å². The minimum Gasteiger partial charge on any atom is -0.492 e. The van der Waals surface area contributed by atoms with Crippen LogP contribution in [0, 0.1) is 35.8 Å². The molecular formula is C21H14N4O6S. The highest BCUT2D eigenvalue weighted by Crippen LogP contribution is 2.14. The number of nitrogens with zero attached hydrogens (tertiary/aromatic N) is 4. The Labute approximate surface area is 184 Å². The van der Waals surface area contributed by atoms with E-state index in [1.807, 2.05) is 30.3 Å². The highest BCUT2D eigenvalue weighted by Gasteiger charge is 2.12. The van der Waals surface area contributed by atoms with E-state index in [0.717, 1.165) is 5.56 Å². The highest BCUT2D eigenvalue weighted by atomic mass is 32.3. The molecule has 0 heterocycles. The molecule has 0 spiro atoms. The predicted molar refractivity (Wildman–Crippen MR) is 111 cm³/mol. The molecular weight excluding hydrogens is 436 g/mol. The summed E-state index contributed by atoms with van der Waals surface area (Å²) in [5.74, 6) is 0.00397. The lowest BCUT2D eigenvalue weighted by atomic mass is 10.1. The summed E-state index contributed by atoms with van der Waals surface area (Å²) < 4.78 is 45.3. The minimum absolute atomic E-state index is 0.0171. The Morgan fingerprint density at radius 2 is 1.47 bits per heavy atom. The lowest BCUT2D eigenvalue weighted by molar-refractivity contribution is 0.200. The zero-order valence-corrected chi connectivity index (χ0v) is 17.2. The van der Waals surface area contributed by atoms with Gasteiger partial charge in [-0.25, -0.2) is 24.4 Å². The van der Waals surface area contributed by atoms with Gasteiger partial charge in [-0.3, -0.25) is 4.55 Å². The lowest BCUT2D eigenvalue weighted by Crippen LogP contribution is -2.21. The molecule has 2 aromatic carbocycles. The number of nitriles is 2. The Morgan fingerprint density at radius 3 is 1.94 bits per heavy atom. The minimum atomic E-state index is -4.68. The zero-order chi connectivity index (χ0) is 23.6. The standard InChI is InChI=1S/C21H14N4O6S/c1-24-18(12-22)16-11-21(30-14-15-6-4-3-5-7-15)17(19(13-23)25-2)10-20(16)29-8-9-31-32(26,27)28/h3-7,10-11H,8-9,14H2,(H,26,27,28)/b18-16+,19-17-. The van der Waals surface area contributed by atoms with E-state index < -0.39 is 17.0 Å². The normalized spacial score (nSPS) is 12.3. The van der Waals surface area contributed by atoms with Crippen LogP contribution >= 0.6 is 0 Å². The largest absolute Gasteiger partial charge is 0.492 e. The van der Waals surface area contributed by atoms with Crippen LogP contribution in [0.4, 0.5) is 0 Å². The van der Waals surface area contributed by atoms with Crippen LogP contribution < -0.4 is 19.9 Å². The smallest absolute Gasteiger partial charge is 0.397 e. The molecule has 0 atom stereocenters. The van der Waals surface area contributed by atoms with Gasteiger partial charge in [0.15, 0.2) is 0 Å². The average molecular weight is 450 g/mol. The van der Waals surface area contributed by atoms with E-state index >= 15 is 0 Å². The highest BCUT2D eigenvalue weighted by molar-refractivity contribution is 7.80. The topological polar surface area (TPSA) is 138 Å². The first-order valence-corrected chi connectivity index (χ1v) is 10.1. The molecule has 0 unspecified atom stereocenters. The quantitative estimate of drug-likeness (QED) is 0.363. The fraction of sp³-hybridized carbons (Fsp3) is 0.143. The molecule has 11 heteroatoms. The van der Waals surface area contributed by atoms with Gasteiger partial charge in [0.05, 0.1) is 25.3 Å². The number of hydrogen-bond donors (Lipinski definition) is 1. The molecule has 0 saturated carbocycles. The Hall–Kier alpha value is -4.39. The molecule has 0 fully saturated rings. The van der Waals surface area contributed by atoms with E-state index in [2.05, 4.69) is 13.9 Å². The molecule has 0 saturated heterocycles. The van der Waals surface area contributed by atoms with Crippen LogP contribution in [0.3, 0.4) is 0 Å². The molecule has 10 nitrogen and oxygen atoms in total. The maximum atomic E-state index is 10.7. The molecule has 32 heavy (non-hydrogen) atoms. The Morgan fingerprint density at radius 1 is 0.938 bits per heavy atom. The van der Waals surface area contributed by atoms with Crippen LogP contribution in [0.1, 0.15) is 5.56 Å². The van der Waals surface area contributed by atoms with Gasteiger partial charge in [0, 0.05) is 10.4 Å². The maximum Gasteiger partial charge on any atom is 0.397 e. The van der Waals surface area contributed by atoms with Gasteiger partial charge in [-0.1, -0.05) is 30.3 Å². The third kappa shape index (κ3) is 6.56. The van der Waals surface area contributed by atoms with Gasteiger partial charge in [0.1, 0.15) is 31.3 Å². The van der Waals surface area contributed by atoms with Gasteiger partial charge in [-0.2, -0.15) is 8.42 Å². The van der Waals surface area contributed by atoms with Gasteiger partial charge in [0.25, 0.3) is 11.4 Å². The third-order valence-electron chi connectivity index (χ3n) is 3.84. The van der Waals surface area contributed by atoms with Crippen LogP contribution in [0.2, 0.25) is 0 Å². The Bertz CT molecular complexity index is 1360. The van der Waals surface area contributed by atoms with Crippen molar-refractivity contribution in [2.24, 2.45) is 0 Å². The summed E-state index contributed by atoms with van der Waals surface area (Å²) in [5.41, 5.74) is 0.131. The van der Waals surface area contributed by atoms with E-state index in [4.69, 9.17) is 27.2 Å². The summed E-state index contributed by atoms with van der Waals surface area (Å²) in [4.78, 5) is 6.33. The van der Waals surface area contributed by atoms with Crippen molar-refractivity contribution in [3.05, 3.63) is 81.3 Å². The zero-order valence-electron chi connectivity index (χ0n) is 16.3. The van der Waals surface area contributed by atoms with Crippen LogP contribution in [-0.2, 0) is 21.2 Å². The molecule has 0 aliphatic heterocycles. The van der Waals surface area contributed by atoms with Gasteiger partial charge in [-0.05, 0) is 17.7 Å². The monoisotopic (exact) mass is 450 g/mol. The fourth-order valence-corrected chi connectivity index (χ4v) is 2.76. The van der Waals surface area contributed by atoms with Crippen LogP contribution in [0.25, 0.3) is 21.1 Å². The van der Waals surface area contributed by atoms with Gasteiger partial charge in [-0.15, -0.1) is 0 Å². The van der Waals surface area contributed by atoms with Crippen LogP contribution in [0.5, 0.6) is 11.5 Å². The second-order valence-electron chi connectivity index (χ2n) is 5.86. The van der Waals surface area contributed by atoms with Crippen molar-refractivity contribution < 1.29 is 26.6 Å². The summed E-state index contributed by atoms with van der Waals surface area (Å²) in [6.07, 6.45) is 0. The van der Waals surface area contributed by atoms with Crippen LogP contribution in [0.15, 0.2) is 42.5 Å². The summed E-state index contributed by atoms with van der Waals surface area (Å²) in [5, 5.41) is 18.7. The summed E-state index contributed by atoms with van der Waals surface area (Å²) >= 11 is 0. The van der Waals surface area contributed by atoms with Crippen LogP contribution in [-0.4, -0.2) is 26.2 Å². The summed E-state index contributed by atoms with van der Waals surface area (Å²) in [7, 11) is -4.68. The number of rotatable bonds is 8. The van der Waals surface area contributed by atoms with E-state index in [1.165, 1.54) is 12.1 Å². The van der Waals surface area contributed by atoms with Crippen molar-refractivity contribution in [2.75, 3.05) is 13.2 Å². The predicted octanol–water partition coefficient (Wildman–Crippen LogP) is 1.57. The first kappa shape index (κ1) is 23.9. The van der Waals surface area contributed by atoms with E-state index in [0.29, 0.717) is 0 Å². The third-order valence-corrected chi connectivity index (χ3v) is 4.30. The lowest BCUT2D eigenvalue weighted by Gasteiger charge is -2.12. The second kappa shape index (κ2) is 11.1. The summed E-state index contributed by atoms with van der Waals surface area (Å²) in [6.45, 7) is 13.6. The van der Waals surface area contributed by atoms with Crippen molar-refractivity contribution in [1.29, 1.82) is 10.5 Å². The number of hydrogen-bond acceptors (Lipinski definition) is 7. The fourth-order valence-electron chi connectivity index (χ4n) is 2.49. The van der Waals surface area contributed by atoms with Crippen molar-refractivity contribution in [2.45, 2.75) is 6.61 Å². The molecule has 0 aliphatic rings. The van der Waals surface area contributed by atoms with Crippen molar-refractivity contribution in [1.82, 2.24) is 0 Å². The average Bonchev–Trinajstić information content (AvgIpc) is 2.78. The maximum absolute atomic E-state index is 10.7. The molecule has 2 rings (SSSR count). The molecule has 0 bridgehead atoms. The Kier molecular flexibility index (Phi) is 8.30. The molecule has 2 aromatic rings. The molecule has 0 aromatic heterocycles. The number of benzene rings is 2. The van der Waals surface area contributed by atoms with Crippen molar-refractivity contribution in [3.63, 3.8) is 0 Å². The van der Waals surface area contributed by atoms with Crippen molar-refractivity contribution in [3.8, 4) is 23.6 Å². The van der Waals surface area contributed by atoms with E-state index in [-0.39, 0.29) is 46.5 Å². The summed E-state index contributed by atoms with van der Waals surface area (Å²) in [6, 6.07) is 15.1. The molecule has 0 amide bonds. The van der Waals surface area contributed by atoms with Gasteiger partial charge >= 0.3 is 10.4 Å². The van der Waals surface area contributed by atoms with Gasteiger partial charge < -0.3 is 9.47 Å². The first-order chi connectivity index (χ1) is 15.3. The Balaban J connectivity index is 2.60. The number of ether oxygens (including phenoxy) is 2. The SMILES string of the molecule is [C-]#[N+]/C(C#N)=c1/cc(OCCOS(=O)(=O)O)/c(=C(\C#N)[N+]#[C-])cc1OCc1ccccc1.